The predicted octanol–water partition coefficient (Wildman–Crippen LogP) is -0.201. The molecule has 0 bridgehead atoms. The summed E-state index contributed by atoms with van der Waals surface area (Å²) in [6.45, 7) is 0.122. The van der Waals surface area contributed by atoms with Crippen molar-refractivity contribution in [2.24, 2.45) is 5.73 Å². The number of halogens is 3. The third-order valence-corrected chi connectivity index (χ3v) is 4.18. The number of ether oxygens (including phenoxy) is 4. The van der Waals surface area contributed by atoms with Crippen molar-refractivity contribution in [1.82, 2.24) is 10.6 Å². The van der Waals surface area contributed by atoms with Gasteiger partial charge in [0, 0.05) is 19.2 Å². The first-order valence-electron chi connectivity index (χ1n) is 9.27. The molecule has 0 saturated carbocycles. The Bertz CT molecular complexity index is 850. The van der Waals surface area contributed by atoms with Crippen molar-refractivity contribution >= 4 is 24.1 Å². The van der Waals surface area contributed by atoms with E-state index in [2.05, 4.69) is 15.4 Å². The van der Waals surface area contributed by atoms with Gasteiger partial charge in [-0.05, 0) is 6.07 Å². The van der Waals surface area contributed by atoms with Crippen LogP contribution < -0.4 is 25.8 Å². The van der Waals surface area contributed by atoms with Gasteiger partial charge in [0.1, 0.15) is 18.6 Å². The van der Waals surface area contributed by atoms with E-state index in [1.165, 1.54) is 21.3 Å². The van der Waals surface area contributed by atoms with E-state index in [0.717, 1.165) is 0 Å². The largest absolute Gasteiger partial charge is 0.493 e. The van der Waals surface area contributed by atoms with Crippen LogP contribution in [0.5, 0.6) is 11.5 Å². The summed E-state index contributed by atoms with van der Waals surface area (Å²) in [4.78, 5) is 45.7. The molecule has 1 amide bonds. The summed E-state index contributed by atoms with van der Waals surface area (Å²) < 4.78 is 55.6. The summed E-state index contributed by atoms with van der Waals surface area (Å²) in [5, 5.41) is 5.09. The number of hydrogen-bond donors (Lipinski definition) is 3. The van der Waals surface area contributed by atoms with Gasteiger partial charge in [-0.3, -0.25) is 14.9 Å². The quantitative estimate of drug-likeness (QED) is 0.159. The minimum atomic E-state index is -5.38. The fraction of sp³-hybridized carbons (Fsp3) is 0.474. The first kappa shape index (κ1) is 27.8. The summed E-state index contributed by atoms with van der Waals surface area (Å²) in [5.74, 6) is -4.56. The van der Waals surface area contributed by atoms with Crippen LogP contribution in [0.2, 0.25) is 0 Å². The van der Waals surface area contributed by atoms with Gasteiger partial charge in [-0.1, -0.05) is 12.1 Å². The number of alkyl halides is 3. The second-order valence-corrected chi connectivity index (χ2v) is 6.43. The molecule has 0 aliphatic heterocycles. The SMILES string of the molecule is COc1cccc(CN[C@@H](OC)C(C=O)NC(=O)[C@@H](N)CC(=O)OC(=O)C(F)(F)F)c1OC. The van der Waals surface area contributed by atoms with Gasteiger partial charge in [0.2, 0.25) is 5.91 Å². The van der Waals surface area contributed by atoms with Crippen LogP contribution in [0.1, 0.15) is 12.0 Å². The fourth-order valence-corrected chi connectivity index (χ4v) is 2.59. The molecule has 184 valence electrons. The normalized spacial score (nSPS) is 13.9. The molecule has 0 heterocycles. The summed E-state index contributed by atoms with van der Waals surface area (Å²) in [6.07, 6.45) is -7.15. The van der Waals surface area contributed by atoms with Crippen LogP contribution in [0.15, 0.2) is 18.2 Å². The number of carbonyl (C=O) groups is 4. The molecule has 1 unspecified atom stereocenters. The number of rotatable bonds is 12. The molecular weight excluding hydrogens is 455 g/mol. The molecule has 1 rings (SSSR count). The van der Waals surface area contributed by atoms with Crippen LogP contribution >= 0.6 is 0 Å². The van der Waals surface area contributed by atoms with Gasteiger partial charge in [-0.2, -0.15) is 13.2 Å². The zero-order chi connectivity index (χ0) is 25.2. The summed E-state index contributed by atoms with van der Waals surface area (Å²) in [6, 6.07) is 2.12. The molecule has 0 aliphatic rings. The number of para-hydroxylation sites is 1. The van der Waals surface area contributed by atoms with Crippen molar-refractivity contribution < 1.29 is 51.3 Å². The number of carbonyl (C=O) groups excluding carboxylic acids is 4. The van der Waals surface area contributed by atoms with E-state index in [-0.39, 0.29) is 6.54 Å². The van der Waals surface area contributed by atoms with E-state index >= 15 is 0 Å². The number of esters is 2. The molecule has 0 saturated heterocycles. The monoisotopic (exact) mass is 479 g/mol. The van der Waals surface area contributed by atoms with Crippen LogP contribution in [-0.2, 0) is 35.2 Å². The van der Waals surface area contributed by atoms with Gasteiger partial charge in [0.25, 0.3) is 0 Å². The molecule has 0 aliphatic carbocycles. The number of methoxy groups -OCH3 is 3. The smallest absolute Gasteiger partial charge is 0.491 e. The average molecular weight is 479 g/mol. The third-order valence-electron chi connectivity index (χ3n) is 4.18. The van der Waals surface area contributed by atoms with E-state index in [4.69, 9.17) is 19.9 Å². The number of amides is 1. The maximum absolute atomic E-state index is 12.2. The second-order valence-electron chi connectivity index (χ2n) is 6.43. The molecule has 0 fully saturated rings. The minimum absolute atomic E-state index is 0.122. The Kier molecular flexibility index (Phi) is 10.7. The van der Waals surface area contributed by atoms with Crippen LogP contribution in [-0.4, -0.2) is 69.9 Å². The van der Waals surface area contributed by atoms with Crippen LogP contribution in [0.25, 0.3) is 0 Å². The number of nitrogens with two attached hydrogens (primary N) is 1. The molecule has 0 aromatic heterocycles. The number of nitrogens with one attached hydrogen (secondary N) is 2. The maximum atomic E-state index is 12.2. The highest BCUT2D eigenvalue weighted by atomic mass is 19.4. The molecule has 0 radical (unpaired) electrons. The van der Waals surface area contributed by atoms with Gasteiger partial charge < -0.3 is 34.8 Å². The van der Waals surface area contributed by atoms with Crippen molar-refractivity contribution in [2.45, 2.75) is 37.5 Å². The molecule has 3 atom stereocenters. The topological polar surface area (TPSA) is 155 Å². The van der Waals surface area contributed by atoms with Gasteiger partial charge in [0.15, 0.2) is 11.5 Å². The zero-order valence-corrected chi connectivity index (χ0v) is 17.9. The molecule has 1 aromatic rings. The van der Waals surface area contributed by atoms with Gasteiger partial charge in [0.05, 0.1) is 26.7 Å². The average Bonchev–Trinajstić information content (AvgIpc) is 2.76. The van der Waals surface area contributed by atoms with E-state index in [9.17, 15) is 32.3 Å². The van der Waals surface area contributed by atoms with Crippen molar-refractivity contribution in [1.29, 1.82) is 0 Å². The Labute approximate surface area is 186 Å². The van der Waals surface area contributed by atoms with E-state index < -0.39 is 48.8 Å². The molecule has 0 spiro atoms. The third kappa shape index (κ3) is 8.32. The lowest BCUT2D eigenvalue weighted by Crippen LogP contribution is -2.55. The number of benzene rings is 1. The van der Waals surface area contributed by atoms with Crippen molar-refractivity contribution in [3.63, 3.8) is 0 Å². The number of hydrogen-bond acceptors (Lipinski definition) is 10. The predicted molar refractivity (Wildman–Crippen MR) is 105 cm³/mol. The fourth-order valence-electron chi connectivity index (χ4n) is 2.59. The first-order chi connectivity index (χ1) is 15.5. The summed E-state index contributed by atoms with van der Waals surface area (Å²) in [5.41, 5.74) is 6.11. The van der Waals surface area contributed by atoms with Gasteiger partial charge in [-0.25, -0.2) is 4.79 Å². The maximum Gasteiger partial charge on any atom is 0.491 e. The lowest BCUT2D eigenvalue weighted by molar-refractivity contribution is -0.202. The molecule has 14 heteroatoms. The van der Waals surface area contributed by atoms with Gasteiger partial charge >= 0.3 is 18.1 Å². The van der Waals surface area contributed by atoms with Crippen LogP contribution in [0.4, 0.5) is 13.2 Å². The molecule has 33 heavy (non-hydrogen) atoms. The van der Waals surface area contributed by atoms with E-state index in [0.29, 0.717) is 23.3 Å². The second kappa shape index (κ2) is 12.7. The molecular formula is C19H24F3N3O8. The van der Waals surface area contributed by atoms with Crippen molar-refractivity contribution in [3.05, 3.63) is 23.8 Å². The highest BCUT2D eigenvalue weighted by Crippen LogP contribution is 2.30. The van der Waals surface area contributed by atoms with Gasteiger partial charge in [-0.15, -0.1) is 0 Å². The number of aldehydes is 1. The summed E-state index contributed by atoms with van der Waals surface area (Å²) in [7, 11) is 4.16. The lowest BCUT2D eigenvalue weighted by atomic mass is 10.1. The first-order valence-corrected chi connectivity index (χ1v) is 9.27. The van der Waals surface area contributed by atoms with Crippen molar-refractivity contribution in [2.75, 3.05) is 21.3 Å². The zero-order valence-electron chi connectivity index (χ0n) is 17.9. The van der Waals surface area contributed by atoms with Crippen LogP contribution in [0, 0.1) is 0 Å². The molecule has 11 nitrogen and oxygen atoms in total. The molecule has 4 N–H and O–H groups in total. The Morgan fingerprint density at radius 1 is 1.15 bits per heavy atom. The Morgan fingerprint density at radius 3 is 2.33 bits per heavy atom. The van der Waals surface area contributed by atoms with E-state index in [1.807, 2.05) is 0 Å². The minimum Gasteiger partial charge on any atom is -0.493 e. The lowest BCUT2D eigenvalue weighted by Gasteiger charge is -2.25. The molecule has 1 aromatic carbocycles. The highest BCUT2D eigenvalue weighted by molar-refractivity contribution is 5.92. The van der Waals surface area contributed by atoms with Crippen LogP contribution in [0.3, 0.4) is 0 Å². The standard InChI is InChI=1S/C19H24F3N3O8/c1-30-13-6-4-5-10(15(13)31-2)8-24-17(32-3)12(9-26)25-16(28)11(23)7-14(27)33-18(29)19(20,21)22/h4-6,9,11-12,17,24H,7-8,23H2,1-3H3,(H,25,28)/t11-,12?,17-/m0/s1. The highest BCUT2D eigenvalue weighted by Gasteiger charge is 2.42. The Hall–Kier alpha value is -3.23. The Balaban J connectivity index is 2.75. The van der Waals surface area contributed by atoms with Crippen molar-refractivity contribution in [3.8, 4) is 11.5 Å². The van der Waals surface area contributed by atoms with E-state index in [1.54, 1.807) is 18.2 Å². The summed E-state index contributed by atoms with van der Waals surface area (Å²) >= 11 is 0. The Morgan fingerprint density at radius 2 is 1.82 bits per heavy atom.